The molecule has 2 bridgehead atoms. The molecular formula is C20H22F3N3O2. The highest BCUT2D eigenvalue weighted by molar-refractivity contribution is 5.81. The van der Waals surface area contributed by atoms with Gasteiger partial charge in [-0.05, 0) is 24.0 Å². The Morgan fingerprint density at radius 1 is 1.29 bits per heavy atom. The molecule has 8 heteroatoms. The number of para-hydroxylation sites is 1. The number of hydrogen-bond acceptors (Lipinski definition) is 4. The van der Waals surface area contributed by atoms with Crippen LogP contribution < -0.4 is 5.32 Å². The molecule has 1 aliphatic carbocycles. The van der Waals surface area contributed by atoms with E-state index >= 15 is 0 Å². The quantitative estimate of drug-likeness (QED) is 0.735. The maximum atomic E-state index is 12.0. The summed E-state index contributed by atoms with van der Waals surface area (Å²) < 4.78 is 40.7. The summed E-state index contributed by atoms with van der Waals surface area (Å²) in [4.78, 5) is 18.9. The van der Waals surface area contributed by atoms with E-state index in [1.54, 1.807) is 6.20 Å². The van der Waals surface area contributed by atoms with Crippen molar-refractivity contribution in [2.45, 2.75) is 37.6 Å². The second-order valence-corrected chi connectivity index (χ2v) is 7.50. The summed E-state index contributed by atoms with van der Waals surface area (Å²) in [6.45, 7) is 0.139. The van der Waals surface area contributed by atoms with Crippen LogP contribution in [0.3, 0.4) is 0 Å². The van der Waals surface area contributed by atoms with E-state index in [-0.39, 0.29) is 31.0 Å². The fraction of sp³-hybridized carbons (Fsp3) is 0.500. The van der Waals surface area contributed by atoms with Gasteiger partial charge in [0.25, 0.3) is 0 Å². The molecule has 1 aromatic heterocycles. The summed E-state index contributed by atoms with van der Waals surface area (Å²) in [6.07, 6.45) is -1.59. The monoisotopic (exact) mass is 393 g/mol. The van der Waals surface area contributed by atoms with Crippen LogP contribution in [-0.2, 0) is 16.1 Å². The number of carbonyl (C=O) groups is 1. The van der Waals surface area contributed by atoms with Crippen LogP contribution in [-0.4, -0.2) is 53.8 Å². The lowest BCUT2D eigenvalue weighted by Crippen LogP contribution is -2.54. The lowest BCUT2D eigenvalue weighted by atomic mass is 9.80. The van der Waals surface area contributed by atoms with Crippen LogP contribution in [0.2, 0.25) is 0 Å². The first kappa shape index (κ1) is 19.1. The molecule has 2 aliphatic heterocycles. The molecule has 3 aliphatic rings. The van der Waals surface area contributed by atoms with Crippen LogP contribution in [0.4, 0.5) is 13.2 Å². The summed E-state index contributed by atoms with van der Waals surface area (Å²) in [5.41, 5.74) is 2.16. The van der Waals surface area contributed by atoms with Crippen LogP contribution >= 0.6 is 0 Å². The maximum absolute atomic E-state index is 12.0. The normalized spacial score (nSPS) is 24.3. The van der Waals surface area contributed by atoms with Crippen molar-refractivity contribution in [2.24, 2.45) is 5.92 Å². The largest absolute Gasteiger partial charge is 0.411 e. The third-order valence-electron chi connectivity index (χ3n) is 5.56. The number of rotatable bonds is 7. The van der Waals surface area contributed by atoms with Gasteiger partial charge in [-0.15, -0.1) is 0 Å². The number of nitrogens with zero attached hydrogens (tertiary/aromatic N) is 2. The highest BCUT2D eigenvalue weighted by Gasteiger charge is 2.52. The van der Waals surface area contributed by atoms with Gasteiger partial charge in [-0.3, -0.25) is 14.7 Å². The average molecular weight is 393 g/mol. The number of aromatic nitrogens is 1. The summed E-state index contributed by atoms with van der Waals surface area (Å²) in [5.74, 6) is 0.142. The molecule has 1 N–H and O–H groups in total. The van der Waals surface area contributed by atoms with Gasteiger partial charge in [0.2, 0.25) is 5.91 Å². The molecule has 3 heterocycles. The van der Waals surface area contributed by atoms with E-state index in [1.807, 2.05) is 24.3 Å². The molecule has 3 unspecified atom stereocenters. The number of halogens is 3. The van der Waals surface area contributed by atoms with E-state index in [4.69, 9.17) is 0 Å². The Bertz CT molecular complexity index is 853. The van der Waals surface area contributed by atoms with Gasteiger partial charge in [0.05, 0.1) is 12.1 Å². The van der Waals surface area contributed by atoms with Crippen molar-refractivity contribution in [3.63, 3.8) is 0 Å². The SMILES string of the molecule is O=C(CCOCC(F)(F)F)NC1C2CC1N(Cc1cccc3cccnc13)C2. The van der Waals surface area contributed by atoms with Crippen molar-refractivity contribution in [2.75, 3.05) is 19.8 Å². The number of carbonyl (C=O) groups excluding carboxylic acids is 1. The minimum atomic E-state index is -4.36. The molecule has 1 aromatic carbocycles. The molecular weight excluding hydrogens is 371 g/mol. The summed E-state index contributed by atoms with van der Waals surface area (Å²) in [6, 6.07) is 10.4. The number of hydrogen-bond donors (Lipinski definition) is 1. The van der Waals surface area contributed by atoms with Crippen LogP contribution in [0.5, 0.6) is 0 Å². The van der Waals surface area contributed by atoms with Crippen LogP contribution in [0.25, 0.3) is 10.9 Å². The molecule has 150 valence electrons. The molecule has 5 rings (SSSR count). The highest BCUT2D eigenvalue weighted by atomic mass is 19.4. The molecule has 3 atom stereocenters. The van der Waals surface area contributed by atoms with Crippen LogP contribution in [0.15, 0.2) is 36.5 Å². The van der Waals surface area contributed by atoms with Crippen LogP contribution in [0.1, 0.15) is 18.4 Å². The van der Waals surface area contributed by atoms with Gasteiger partial charge in [-0.2, -0.15) is 13.2 Å². The lowest BCUT2D eigenvalue weighted by Gasteiger charge is -2.37. The fourth-order valence-corrected chi connectivity index (χ4v) is 4.24. The Kier molecular flexibility index (Phi) is 5.25. The molecule has 3 fully saturated rings. The summed E-state index contributed by atoms with van der Waals surface area (Å²) >= 11 is 0. The van der Waals surface area contributed by atoms with E-state index in [1.165, 1.54) is 0 Å². The first-order valence-corrected chi connectivity index (χ1v) is 9.41. The second-order valence-electron chi connectivity index (χ2n) is 7.50. The minimum absolute atomic E-state index is 0.0563. The standard InChI is InChI=1S/C20H22F3N3O2/c21-20(22,23)12-28-8-6-17(27)25-19-15-9-16(19)26(11-15)10-14-4-1-3-13-5-2-7-24-18(13)14/h1-5,7,15-16,19H,6,8-12H2,(H,25,27). The number of nitrogens with one attached hydrogen (secondary N) is 1. The summed E-state index contributed by atoms with van der Waals surface area (Å²) in [5, 5.41) is 4.08. The van der Waals surface area contributed by atoms with Crippen molar-refractivity contribution >= 4 is 16.8 Å². The molecule has 0 spiro atoms. The van der Waals surface area contributed by atoms with Crippen molar-refractivity contribution in [1.29, 1.82) is 0 Å². The molecule has 2 aromatic rings. The van der Waals surface area contributed by atoms with Gasteiger partial charge in [0, 0.05) is 43.2 Å². The van der Waals surface area contributed by atoms with Gasteiger partial charge in [0.15, 0.2) is 0 Å². The fourth-order valence-electron chi connectivity index (χ4n) is 4.24. The van der Waals surface area contributed by atoms with E-state index in [0.717, 1.165) is 36.0 Å². The highest BCUT2D eigenvalue weighted by Crippen LogP contribution is 2.42. The maximum Gasteiger partial charge on any atom is 0.411 e. The molecule has 5 nitrogen and oxygen atoms in total. The third-order valence-corrected chi connectivity index (χ3v) is 5.56. The third kappa shape index (κ3) is 4.12. The Balaban J connectivity index is 1.29. The molecule has 28 heavy (non-hydrogen) atoms. The van der Waals surface area contributed by atoms with Gasteiger partial charge < -0.3 is 10.1 Å². The Morgan fingerprint density at radius 2 is 2.11 bits per heavy atom. The zero-order valence-corrected chi connectivity index (χ0v) is 15.3. The second kappa shape index (κ2) is 7.67. The van der Waals surface area contributed by atoms with E-state index in [0.29, 0.717) is 5.92 Å². The number of pyridine rings is 1. The smallest absolute Gasteiger partial charge is 0.372 e. The average Bonchev–Trinajstić information content (AvgIpc) is 3.21. The van der Waals surface area contributed by atoms with Gasteiger partial charge in [0.1, 0.15) is 6.61 Å². The van der Waals surface area contributed by atoms with Crippen molar-refractivity contribution < 1.29 is 22.7 Å². The van der Waals surface area contributed by atoms with Gasteiger partial charge in [-0.25, -0.2) is 0 Å². The summed E-state index contributed by atoms with van der Waals surface area (Å²) in [7, 11) is 0. The zero-order valence-electron chi connectivity index (χ0n) is 15.3. The minimum Gasteiger partial charge on any atom is -0.372 e. The topological polar surface area (TPSA) is 54.5 Å². The Hall–Kier alpha value is -2.19. The molecule has 1 saturated carbocycles. The number of benzene rings is 1. The molecule has 0 radical (unpaired) electrons. The number of fused-ring (bicyclic) bond motifs is 2. The predicted octanol–water partition coefficient (Wildman–Crippen LogP) is 2.89. The van der Waals surface area contributed by atoms with Gasteiger partial charge in [-0.1, -0.05) is 24.3 Å². The predicted molar refractivity (Wildman–Crippen MR) is 97.5 cm³/mol. The first-order chi connectivity index (χ1) is 13.4. The van der Waals surface area contributed by atoms with Crippen molar-refractivity contribution in [3.8, 4) is 0 Å². The van der Waals surface area contributed by atoms with E-state index < -0.39 is 12.8 Å². The molecule has 1 amide bonds. The molecule has 2 saturated heterocycles. The number of ether oxygens (including phenoxy) is 1. The number of alkyl halides is 3. The van der Waals surface area contributed by atoms with E-state index in [2.05, 4.69) is 26.0 Å². The number of amides is 1. The van der Waals surface area contributed by atoms with Crippen molar-refractivity contribution in [3.05, 3.63) is 42.1 Å². The Labute approximate surface area is 160 Å². The van der Waals surface area contributed by atoms with Crippen LogP contribution in [0, 0.1) is 5.92 Å². The van der Waals surface area contributed by atoms with E-state index in [9.17, 15) is 18.0 Å². The van der Waals surface area contributed by atoms with Crippen molar-refractivity contribution in [1.82, 2.24) is 15.2 Å². The zero-order chi connectivity index (χ0) is 19.7. The van der Waals surface area contributed by atoms with Gasteiger partial charge >= 0.3 is 6.18 Å². The first-order valence-electron chi connectivity index (χ1n) is 9.41. The Morgan fingerprint density at radius 3 is 2.93 bits per heavy atom. The lowest BCUT2D eigenvalue weighted by molar-refractivity contribution is -0.174.